The molecule has 0 fully saturated rings. The Labute approximate surface area is 91.0 Å². The van der Waals surface area contributed by atoms with Crippen molar-refractivity contribution in [3.05, 3.63) is 42.2 Å². The standard InChI is InChI=1S/C11H8N2O3/c14-7-8-3-4-12-9(6-8)10-2-1-5-13(10)11(15)16/h1-7H,(H,15,16). The first-order valence-electron chi connectivity index (χ1n) is 4.54. The highest BCUT2D eigenvalue weighted by molar-refractivity contribution is 5.79. The molecule has 0 aromatic carbocycles. The molecule has 2 rings (SSSR count). The lowest BCUT2D eigenvalue weighted by atomic mass is 10.2. The number of hydrogen-bond acceptors (Lipinski definition) is 3. The molecule has 2 aromatic rings. The Balaban J connectivity index is 2.54. The van der Waals surface area contributed by atoms with E-state index in [0.717, 1.165) is 4.57 Å². The van der Waals surface area contributed by atoms with Crippen molar-refractivity contribution in [2.45, 2.75) is 0 Å². The van der Waals surface area contributed by atoms with E-state index in [1.54, 1.807) is 24.3 Å². The van der Waals surface area contributed by atoms with Gasteiger partial charge in [-0.05, 0) is 24.3 Å². The van der Waals surface area contributed by atoms with Crippen LogP contribution in [0.25, 0.3) is 11.4 Å². The Kier molecular flexibility index (Phi) is 2.51. The summed E-state index contributed by atoms with van der Waals surface area (Å²) in [5.74, 6) is 0. The Morgan fingerprint density at radius 2 is 2.25 bits per heavy atom. The third-order valence-corrected chi connectivity index (χ3v) is 2.14. The minimum atomic E-state index is -1.08. The molecule has 2 aromatic heterocycles. The molecule has 0 amide bonds. The predicted molar refractivity (Wildman–Crippen MR) is 56.5 cm³/mol. The van der Waals surface area contributed by atoms with Crippen LogP contribution >= 0.6 is 0 Å². The Bertz CT molecular complexity index is 546. The second-order valence-electron chi connectivity index (χ2n) is 3.14. The van der Waals surface area contributed by atoms with Crippen molar-refractivity contribution in [3.8, 4) is 11.4 Å². The zero-order valence-electron chi connectivity index (χ0n) is 8.20. The van der Waals surface area contributed by atoms with E-state index in [1.807, 2.05) is 0 Å². The third kappa shape index (κ3) is 1.70. The molecule has 0 aliphatic carbocycles. The lowest BCUT2D eigenvalue weighted by Gasteiger charge is -2.03. The van der Waals surface area contributed by atoms with E-state index in [2.05, 4.69) is 4.98 Å². The predicted octanol–water partition coefficient (Wildman–Crippen LogP) is 1.89. The third-order valence-electron chi connectivity index (χ3n) is 2.14. The maximum absolute atomic E-state index is 10.9. The monoisotopic (exact) mass is 216 g/mol. The Morgan fingerprint density at radius 3 is 2.94 bits per heavy atom. The summed E-state index contributed by atoms with van der Waals surface area (Å²) in [6.45, 7) is 0. The molecule has 0 saturated heterocycles. The molecule has 0 radical (unpaired) electrons. The summed E-state index contributed by atoms with van der Waals surface area (Å²) in [4.78, 5) is 25.5. The van der Waals surface area contributed by atoms with Crippen LogP contribution in [0.5, 0.6) is 0 Å². The first kappa shape index (κ1) is 10.1. The summed E-state index contributed by atoms with van der Waals surface area (Å²) < 4.78 is 1.05. The van der Waals surface area contributed by atoms with Crippen LogP contribution in [0, 0.1) is 0 Å². The topological polar surface area (TPSA) is 72.2 Å². The molecule has 0 bridgehead atoms. The first-order valence-corrected chi connectivity index (χ1v) is 4.54. The molecule has 5 nitrogen and oxygen atoms in total. The van der Waals surface area contributed by atoms with Gasteiger partial charge >= 0.3 is 6.09 Å². The fourth-order valence-electron chi connectivity index (χ4n) is 1.42. The van der Waals surface area contributed by atoms with Crippen LogP contribution in [0.4, 0.5) is 4.79 Å². The van der Waals surface area contributed by atoms with Gasteiger partial charge in [0.15, 0.2) is 0 Å². The van der Waals surface area contributed by atoms with Crippen molar-refractivity contribution in [1.82, 2.24) is 9.55 Å². The molecule has 0 saturated carbocycles. The van der Waals surface area contributed by atoms with Crippen molar-refractivity contribution >= 4 is 12.4 Å². The van der Waals surface area contributed by atoms with Crippen LogP contribution in [0.2, 0.25) is 0 Å². The van der Waals surface area contributed by atoms with Gasteiger partial charge in [0.05, 0.1) is 11.4 Å². The van der Waals surface area contributed by atoms with E-state index in [-0.39, 0.29) is 0 Å². The number of aromatic nitrogens is 2. The van der Waals surface area contributed by atoms with Gasteiger partial charge in [0.25, 0.3) is 0 Å². The van der Waals surface area contributed by atoms with Crippen molar-refractivity contribution in [2.24, 2.45) is 0 Å². The highest BCUT2D eigenvalue weighted by Gasteiger charge is 2.10. The number of pyridine rings is 1. The minimum absolute atomic E-state index is 0.441. The quantitative estimate of drug-likeness (QED) is 0.778. The molecule has 0 spiro atoms. The molecular weight excluding hydrogens is 208 g/mol. The molecule has 0 aliphatic rings. The molecule has 5 heteroatoms. The normalized spacial score (nSPS) is 10.0. The lowest BCUT2D eigenvalue weighted by Crippen LogP contribution is -2.08. The summed E-state index contributed by atoms with van der Waals surface area (Å²) >= 11 is 0. The van der Waals surface area contributed by atoms with E-state index in [1.165, 1.54) is 12.4 Å². The molecule has 80 valence electrons. The highest BCUT2D eigenvalue weighted by atomic mass is 16.4. The average molecular weight is 216 g/mol. The van der Waals surface area contributed by atoms with Gasteiger partial charge in [-0.1, -0.05) is 0 Å². The summed E-state index contributed by atoms with van der Waals surface area (Å²) in [6, 6.07) is 6.34. The average Bonchev–Trinajstić information content (AvgIpc) is 2.78. The van der Waals surface area contributed by atoms with Gasteiger partial charge in [-0.3, -0.25) is 14.3 Å². The van der Waals surface area contributed by atoms with Crippen LogP contribution in [0.3, 0.4) is 0 Å². The smallest absolute Gasteiger partial charge is 0.416 e. The number of rotatable bonds is 2. The van der Waals surface area contributed by atoms with Crippen molar-refractivity contribution in [2.75, 3.05) is 0 Å². The van der Waals surface area contributed by atoms with Crippen LogP contribution in [-0.2, 0) is 0 Å². The lowest BCUT2D eigenvalue weighted by molar-refractivity contribution is 0.112. The van der Waals surface area contributed by atoms with Crippen molar-refractivity contribution < 1.29 is 14.7 Å². The molecule has 2 heterocycles. The number of carbonyl (C=O) groups is 2. The van der Waals surface area contributed by atoms with Gasteiger partial charge < -0.3 is 5.11 Å². The molecule has 0 aliphatic heterocycles. The van der Waals surface area contributed by atoms with E-state index in [0.29, 0.717) is 23.2 Å². The molecule has 0 atom stereocenters. The van der Waals surface area contributed by atoms with Crippen LogP contribution in [0.15, 0.2) is 36.7 Å². The van der Waals surface area contributed by atoms with Crippen LogP contribution in [-0.4, -0.2) is 27.0 Å². The molecule has 1 N–H and O–H groups in total. The second kappa shape index (κ2) is 3.98. The van der Waals surface area contributed by atoms with E-state index < -0.39 is 6.09 Å². The van der Waals surface area contributed by atoms with E-state index >= 15 is 0 Å². The van der Waals surface area contributed by atoms with Crippen molar-refractivity contribution in [3.63, 3.8) is 0 Å². The maximum atomic E-state index is 10.9. The van der Waals surface area contributed by atoms with E-state index in [9.17, 15) is 9.59 Å². The summed E-state index contributed by atoms with van der Waals surface area (Å²) in [6.07, 6.45) is 2.50. The highest BCUT2D eigenvalue weighted by Crippen LogP contribution is 2.18. The minimum Gasteiger partial charge on any atom is -0.464 e. The number of hydrogen-bond donors (Lipinski definition) is 1. The summed E-state index contributed by atoms with van der Waals surface area (Å²) in [5.41, 5.74) is 1.36. The summed E-state index contributed by atoms with van der Waals surface area (Å²) in [7, 11) is 0. The fourth-order valence-corrected chi connectivity index (χ4v) is 1.42. The zero-order chi connectivity index (χ0) is 11.5. The maximum Gasteiger partial charge on any atom is 0.416 e. The van der Waals surface area contributed by atoms with Crippen LogP contribution in [0.1, 0.15) is 10.4 Å². The number of nitrogens with zero attached hydrogens (tertiary/aromatic N) is 2. The Morgan fingerprint density at radius 1 is 1.44 bits per heavy atom. The van der Waals surface area contributed by atoms with E-state index in [4.69, 9.17) is 5.11 Å². The fraction of sp³-hybridized carbons (Fsp3) is 0. The largest absolute Gasteiger partial charge is 0.464 e. The molecular formula is C11H8N2O3. The van der Waals surface area contributed by atoms with Gasteiger partial charge in [0.1, 0.15) is 6.29 Å². The Hall–Kier alpha value is -2.43. The number of carboxylic acid groups (broad SMARTS) is 1. The molecule has 16 heavy (non-hydrogen) atoms. The van der Waals surface area contributed by atoms with Gasteiger partial charge in [-0.15, -0.1) is 0 Å². The van der Waals surface area contributed by atoms with Gasteiger partial charge in [0, 0.05) is 18.0 Å². The van der Waals surface area contributed by atoms with Gasteiger partial charge in [-0.25, -0.2) is 4.79 Å². The molecule has 0 unspecified atom stereocenters. The zero-order valence-corrected chi connectivity index (χ0v) is 8.20. The van der Waals surface area contributed by atoms with Crippen molar-refractivity contribution in [1.29, 1.82) is 0 Å². The van der Waals surface area contributed by atoms with Crippen LogP contribution < -0.4 is 0 Å². The van der Waals surface area contributed by atoms with Gasteiger partial charge in [-0.2, -0.15) is 0 Å². The first-order chi connectivity index (χ1) is 7.72. The van der Waals surface area contributed by atoms with Gasteiger partial charge in [0.2, 0.25) is 0 Å². The number of carbonyl (C=O) groups excluding carboxylic acids is 1. The SMILES string of the molecule is O=Cc1ccnc(-c2cccn2C(=O)O)c1. The number of aldehydes is 1. The second-order valence-corrected chi connectivity index (χ2v) is 3.14. The summed E-state index contributed by atoms with van der Waals surface area (Å²) in [5, 5.41) is 8.91.